The Morgan fingerprint density at radius 2 is 1.54 bits per heavy atom. The molecule has 0 spiro atoms. The molecule has 206 valence electrons. The van der Waals surface area contributed by atoms with E-state index in [2.05, 4.69) is 17.4 Å². The number of benzene rings is 2. The van der Waals surface area contributed by atoms with E-state index in [0.29, 0.717) is 17.1 Å². The second-order valence-electron chi connectivity index (χ2n) is 12.0. The Kier molecular flexibility index (Phi) is 6.25. The highest BCUT2D eigenvalue weighted by atomic mass is 32.2. The van der Waals surface area contributed by atoms with Crippen LogP contribution in [0.4, 0.5) is 11.4 Å². The van der Waals surface area contributed by atoms with Gasteiger partial charge >= 0.3 is 0 Å². The molecule has 1 N–H and O–H groups in total. The number of carbonyl (C=O) groups excluding carboxylic acids is 1. The van der Waals surface area contributed by atoms with Crippen molar-refractivity contribution in [2.45, 2.75) is 50.9 Å². The van der Waals surface area contributed by atoms with Gasteiger partial charge in [-0.1, -0.05) is 30.3 Å². The molecule has 1 amide bonds. The molecule has 9 heteroatoms. The van der Waals surface area contributed by atoms with Gasteiger partial charge in [0.05, 0.1) is 23.3 Å². The SMILES string of the molecule is Cc1c(NC(=O)CN(c2ccc(C34CC5CC(CC(C5)C3)C4)cc2)S(C)(=O)=O)c(=O)n(-c2ccccc2)n1C. The molecule has 0 saturated heterocycles. The van der Waals surface area contributed by atoms with Crippen LogP contribution in [0.2, 0.25) is 0 Å². The lowest BCUT2D eigenvalue weighted by Crippen LogP contribution is -2.48. The van der Waals surface area contributed by atoms with Gasteiger partial charge in [0.2, 0.25) is 15.9 Å². The number of para-hydroxylation sites is 1. The van der Waals surface area contributed by atoms with Gasteiger partial charge in [0.25, 0.3) is 5.56 Å². The minimum Gasteiger partial charge on any atom is -0.318 e. The molecule has 4 bridgehead atoms. The number of sulfonamides is 1. The maximum Gasteiger partial charge on any atom is 0.295 e. The van der Waals surface area contributed by atoms with Gasteiger partial charge < -0.3 is 5.32 Å². The third-order valence-electron chi connectivity index (χ3n) is 9.31. The van der Waals surface area contributed by atoms with Crippen molar-refractivity contribution in [2.24, 2.45) is 24.8 Å². The molecule has 39 heavy (non-hydrogen) atoms. The zero-order valence-corrected chi connectivity index (χ0v) is 23.6. The van der Waals surface area contributed by atoms with E-state index in [4.69, 9.17) is 0 Å². The number of rotatable bonds is 7. The summed E-state index contributed by atoms with van der Waals surface area (Å²) in [5, 5.41) is 2.68. The van der Waals surface area contributed by atoms with Gasteiger partial charge in [0.15, 0.2) is 0 Å². The first-order chi connectivity index (χ1) is 18.5. The first-order valence-corrected chi connectivity index (χ1v) is 15.6. The van der Waals surface area contributed by atoms with Crippen LogP contribution in [-0.2, 0) is 27.3 Å². The van der Waals surface area contributed by atoms with Gasteiger partial charge in [-0.3, -0.25) is 18.6 Å². The number of anilines is 2. The summed E-state index contributed by atoms with van der Waals surface area (Å²) in [6, 6.07) is 17.0. The summed E-state index contributed by atoms with van der Waals surface area (Å²) in [5.41, 5.74) is 2.97. The van der Waals surface area contributed by atoms with Gasteiger partial charge in [-0.05, 0) is 98.4 Å². The zero-order valence-electron chi connectivity index (χ0n) is 22.8. The van der Waals surface area contributed by atoms with Gasteiger partial charge in [-0.15, -0.1) is 0 Å². The Balaban J connectivity index is 1.23. The Hall–Kier alpha value is -3.33. The lowest BCUT2D eigenvalue weighted by atomic mass is 9.48. The number of aromatic nitrogens is 2. The zero-order chi connectivity index (χ0) is 27.5. The van der Waals surface area contributed by atoms with Crippen molar-refractivity contribution in [3.63, 3.8) is 0 Å². The van der Waals surface area contributed by atoms with Crippen molar-refractivity contribution >= 4 is 27.3 Å². The molecule has 4 aliphatic carbocycles. The third kappa shape index (κ3) is 4.60. The standard InChI is InChI=1S/C30H36N4O4S/c1-20-28(29(36)34(32(20)2)26-7-5-4-6-8-26)31-27(35)19-33(39(3,37)38)25-11-9-24(10-12-25)30-16-21-13-22(17-30)15-23(14-21)18-30/h4-12,21-23H,13-19H2,1-3H3,(H,31,35). The van der Waals surface area contributed by atoms with E-state index in [1.807, 2.05) is 42.5 Å². The van der Waals surface area contributed by atoms with Crippen molar-refractivity contribution < 1.29 is 13.2 Å². The van der Waals surface area contributed by atoms with Crippen molar-refractivity contribution in [3.05, 3.63) is 76.2 Å². The first-order valence-electron chi connectivity index (χ1n) is 13.8. The smallest absolute Gasteiger partial charge is 0.295 e. The largest absolute Gasteiger partial charge is 0.318 e. The van der Waals surface area contributed by atoms with Crippen LogP contribution in [-0.4, -0.2) is 36.5 Å². The third-order valence-corrected chi connectivity index (χ3v) is 10.5. The van der Waals surface area contributed by atoms with Crippen molar-refractivity contribution in [2.75, 3.05) is 22.4 Å². The summed E-state index contributed by atoms with van der Waals surface area (Å²) >= 11 is 0. The molecule has 0 radical (unpaired) electrons. The predicted octanol–water partition coefficient (Wildman–Crippen LogP) is 4.36. The summed E-state index contributed by atoms with van der Waals surface area (Å²) in [6.07, 6.45) is 8.89. The summed E-state index contributed by atoms with van der Waals surface area (Å²) in [5.74, 6) is 1.89. The number of amides is 1. The predicted molar refractivity (Wildman–Crippen MR) is 153 cm³/mol. The summed E-state index contributed by atoms with van der Waals surface area (Å²) < 4.78 is 29.8. The molecule has 4 fully saturated rings. The maximum atomic E-state index is 13.2. The lowest BCUT2D eigenvalue weighted by molar-refractivity contribution is -0.114. The van der Waals surface area contributed by atoms with E-state index in [1.165, 1.54) is 48.8 Å². The second-order valence-corrected chi connectivity index (χ2v) is 13.9. The van der Waals surface area contributed by atoms with Gasteiger partial charge in [0, 0.05) is 7.05 Å². The average Bonchev–Trinajstić information content (AvgIpc) is 3.09. The van der Waals surface area contributed by atoms with Crippen LogP contribution in [0.3, 0.4) is 0 Å². The fraction of sp³-hybridized carbons (Fsp3) is 0.467. The van der Waals surface area contributed by atoms with E-state index in [-0.39, 0.29) is 16.7 Å². The Morgan fingerprint density at radius 3 is 2.08 bits per heavy atom. The monoisotopic (exact) mass is 548 g/mol. The fourth-order valence-corrected chi connectivity index (χ4v) is 8.72. The highest BCUT2D eigenvalue weighted by molar-refractivity contribution is 7.92. The van der Waals surface area contributed by atoms with Gasteiger partial charge in [-0.2, -0.15) is 0 Å². The quantitative estimate of drug-likeness (QED) is 0.475. The van der Waals surface area contributed by atoms with Crippen LogP contribution >= 0.6 is 0 Å². The Labute approximate surface area is 229 Å². The lowest BCUT2D eigenvalue weighted by Gasteiger charge is -2.57. The van der Waals surface area contributed by atoms with Crippen molar-refractivity contribution in [1.29, 1.82) is 0 Å². The highest BCUT2D eigenvalue weighted by Crippen LogP contribution is 2.60. The maximum absolute atomic E-state index is 13.2. The molecule has 4 aliphatic rings. The Morgan fingerprint density at radius 1 is 0.974 bits per heavy atom. The van der Waals surface area contributed by atoms with Gasteiger partial charge in [-0.25, -0.2) is 13.1 Å². The number of hydrogen-bond donors (Lipinski definition) is 1. The minimum absolute atomic E-state index is 0.136. The van der Waals surface area contributed by atoms with Crippen LogP contribution in [0.25, 0.3) is 5.69 Å². The summed E-state index contributed by atoms with van der Waals surface area (Å²) in [6.45, 7) is 1.32. The molecule has 4 saturated carbocycles. The number of nitrogens with zero attached hydrogens (tertiary/aromatic N) is 3. The first kappa shape index (κ1) is 25.9. The molecule has 8 nitrogen and oxygen atoms in total. The normalized spacial score (nSPS) is 25.6. The molecule has 0 atom stereocenters. The van der Waals surface area contributed by atoms with Crippen molar-refractivity contribution in [3.8, 4) is 5.69 Å². The van der Waals surface area contributed by atoms with E-state index in [9.17, 15) is 18.0 Å². The molecule has 0 unspecified atom stereocenters. The van der Waals surface area contributed by atoms with E-state index in [0.717, 1.165) is 28.3 Å². The van der Waals surface area contributed by atoms with Crippen LogP contribution in [0.15, 0.2) is 59.4 Å². The molecular formula is C30H36N4O4S. The average molecular weight is 549 g/mol. The number of nitrogens with one attached hydrogen (secondary N) is 1. The molecule has 1 heterocycles. The minimum atomic E-state index is -3.75. The fourth-order valence-electron chi connectivity index (χ4n) is 7.87. The molecule has 0 aliphatic heterocycles. The molecule has 3 aromatic rings. The molecule has 2 aromatic carbocycles. The van der Waals surface area contributed by atoms with Gasteiger partial charge in [0.1, 0.15) is 12.2 Å². The summed E-state index contributed by atoms with van der Waals surface area (Å²) in [4.78, 5) is 26.3. The molecule has 7 rings (SSSR count). The summed E-state index contributed by atoms with van der Waals surface area (Å²) in [7, 11) is -2.00. The van der Waals surface area contributed by atoms with E-state index in [1.54, 1.807) is 18.7 Å². The van der Waals surface area contributed by atoms with Crippen molar-refractivity contribution in [1.82, 2.24) is 9.36 Å². The van der Waals surface area contributed by atoms with Crippen LogP contribution in [0.1, 0.15) is 49.8 Å². The van der Waals surface area contributed by atoms with Crippen LogP contribution in [0, 0.1) is 24.7 Å². The van der Waals surface area contributed by atoms with Crippen LogP contribution in [0.5, 0.6) is 0 Å². The molecule has 1 aromatic heterocycles. The highest BCUT2D eigenvalue weighted by Gasteiger charge is 2.51. The number of hydrogen-bond acceptors (Lipinski definition) is 4. The Bertz CT molecular complexity index is 1540. The molecular weight excluding hydrogens is 512 g/mol. The topological polar surface area (TPSA) is 93.4 Å². The van der Waals surface area contributed by atoms with Crippen LogP contribution < -0.4 is 15.2 Å². The number of carbonyl (C=O) groups is 1. The van der Waals surface area contributed by atoms with E-state index >= 15 is 0 Å². The second kappa shape index (κ2) is 9.40. The van der Waals surface area contributed by atoms with E-state index < -0.39 is 22.5 Å².